The molecule has 96 valence electrons. The molecule has 0 aliphatic heterocycles. The van der Waals surface area contributed by atoms with Gasteiger partial charge in [-0.3, -0.25) is 4.79 Å². The van der Waals surface area contributed by atoms with Gasteiger partial charge >= 0.3 is 0 Å². The first-order valence-corrected chi connectivity index (χ1v) is 6.58. The van der Waals surface area contributed by atoms with E-state index in [1.807, 2.05) is 4.90 Å². The van der Waals surface area contributed by atoms with E-state index < -0.39 is 0 Å². The lowest BCUT2D eigenvalue weighted by molar-refractivity contribution is -0.129. The Balaban J connectivity index is 3.48. The molecule has 0 atom stereocenters. The van der Waals surface area contributed by atoms with Crippen molar-refractivity contribution in [2.75, 3.05) is 19.7 Å². The second kappa shape index (κ2) is 10.9. The molecular weight excluding hydrogens is 202 g/mol. The third kappa shape index (κ3) is 8.72. The molecule has 0 aliphatic rings. The maximum atomic E-state index is 11.3. The molecular formula is C13H27NO2. The highest BCUT2D eigenvalue weighted by molar-refractivity contribution is 5.73. The van der Waals surface area contributed by atoms with Gasteiger partial charge in [-0.15, -0.1) is 0 Å². The molecule has 0 heterocycles. The van der Waals surface area contributed by atoms with Gasteiger partial charge in [-0.05, 0) is 12.8 Å². The predicted molar refractivity (Wildman–Crippen MR) is 67.3 cm³/mol. The number of amides is 1. The van der Waals surface area contributed by atoms with E-state index in [4.69, 9.17) is 5.11 Å². The van der Waals surface area contributed by atoms with Crippen molar-refractivity contribution < 1.29 is 9.90 Å². The Morgan fingerprint density at radius 1 is 1.00 bits per heavy atom. The van der Waals surface area contributed by atoms with Crippen molar-refractivity contribution in [3.8, 4) is 0 Å². The van der Waals surface area contributed by atoms with Crippen molar-refractivity contribution in [1.82, 2.24) is 4.90 Å². The smallest absolute Gasteiger partial charge is 0.219 e. The first-order valence-electron chi connectivity index (χ1n) is 6.58. The van der Waals surface area contributed by atoms with Gasteiger partial charge in [-0.25, -0.2) is 0 Å². The van der Waals surface area contributed by atoms with Crippen molar-refractivity contribution in [3.05, 3.63) is 0 Å². The second-order valence-corrected chi connectivity index (χ2v) is 4.35. The van der Waals surface area contributed by atoms with Crippen LogP contribution in [0.2, 0.25) is 0 Å². The van der Waals surface area contributed by atoms with Crippen LogP contribution in [0.15, 0.2) is 0 Å². The van der Waals surface area contributed by atoms with Crippen LogP contribution in [0.4, 0.5) is 0 Å². The van der Waals surface area contributed by atoms with Crippen LogP contribution in [0.5, 0.6) is 0 Å². The molecule has 0 saturated carbocycles. The molecule has 3 nitrogen and oxygen atoms in total. The van der Waals surface area contributed by atoms with Gasteiger partial charge in [0.2, 0.25) is 5.91 Å². The van der Waals surface area contributed by atoms with Gasteiger partial charge < -0.3 is 10.0 Å². The molecule has 0 rings (SSSR count). The Bertz CT molecular complexity index is 171. The quantitative estimate of drug-likeness (QED) is 0.585. The molecule has 0 aromatic heterocycles. The normalized spacial score (nSPS) is 10.4. The zero-order chi connectivity index (χ0) is 12.2. The molecule has 0 saturated heterocycles. The number of nitrogens with zero attached hydrogens (tertiary/aromatic N) is 1. The van der Waals surface area contributed by atoms with Crippen molar-refractivity contribution in [2.45, 2.75) is 58.8 Å². The van der Waals surface area contributed by atoms with Crippen molar-refractivity contribution in [3.63, 3.8) is 0 Å². The van der Waals surface area contributed by atoms with Crippen molar-refractivity contribution >= 4 is 5.91 Å². The highest BCUT2D eigenvalue weighted by atomic mass is 16.3. The Hall–Kier alpha value is -0.570. The molecule has 16 heavy (non-hydrogen) atoms. The van der Waals surface area contributed by atoms with Crippen LogP contribution in [0.25, 0.3) is 0 Å². The molecule has 0 aliphatic carbocycles. The van der Waals surface area contributed by atoms with E-state index in [2.05, 4.69) is 6.92 Å². The van der Waals surface area contributed by atoms with E-state index in [-0.39, 0.29) is 12.5 Å². The number of hydrogen-bond acceptors (Lipinski definition) is 2. The van der Waals surface area contributed by atoms with E-state index in [9.17, 15) is 4.79 Å². The summed E-state index contributed by atoms with van der Waals surface area (Å²) in [5, 5.41) is 8.73. The standard InChI is InChI=1S/C13H27NO2/c1-3-4-5-6-7-8-10-14(13(2)16)11-9-12-15/h15H,3-12H2,1-2H3. The molecule has 0 radical (unpaired) electrons. The summed E-state index contributed by atoms with van der Waals surface area (Å²) in [5.74, 6) is 0.127. The van der Waals surface area contributed by atoms with Gasteiger partial charge in [0.25, 0.3) is 0 Å². The summed E-state index contributed by atoms with van der Waals surface area (Å²) < 4.78 is 0. The third-order valence-corrected chi connectivity index (χ3v) is 2.81. The molecule has 0 spiro atoms. The van der Waals surface area contributed by atoms with Gasteiger partial charge in [0.1, 0.15) is 0 Å². The Labute approximate surface area is 99.8 Å². The van der Waals surface area contributed by atoms with Crippen LogP contribution in [0.3, 0.4) is 0 Å². The van der Waals surface area contributed by atoms with E-state index >= 15 is 0 Å². The number of hydrogen-bond donors (Lipinski definition) is 1. The topological polar surface area (TPSA) is 40.5 Å². The average Bonchev–Trinajstić information content (AvgIpc) is 2.26. The first-order chi connectivity index (χ1) is 7.72. The fourth-order valence-corrected chi connectivity index (χ4v) is 1.77. The molecule has 3 heteroatoms. The Morgan fingerprint density at radius 3 is 2.12 bits per heavy atom. The largest absolute Gasteiger partial charge is 0.396 e. The maximum absolute atomic E-state index is 11.3. The highest BCUT2D eigenvalue weighted by Gasteiger charge is 2.06. The molecule has 1 N–H and O–H groups in total. The fraction of sp³-hybridized carbons (Fsp3) is 0.923. The maximum Gasteiger partial charge on any atom is 0.219 e. The summed E-state index contributed by atoms with van der Waals surface area (Å²) in [6, 6.07) is 0. The van der Waals surface area contributed by atoms with Gasteiger partial charge in [0.05, 0.1) is 0 Å². The summed E-state index contributed by atoms with van der Waals surface area (Å²) in [6.07, 6.45) is 8.18. The van der Waals surface area contributed by atoms with Crippen LogP contribution in [-0.4, -0.2) is 35.6 Å². The summed E-state index contributed by atoms with van der Waals surface area (Å²) in [4.78, 5) is 13.1. The van der Waals surface area contributed by atoms with Crippen LogP contribution in [-0.2, 0) is 4.79 Å². The summed E-state index contributed by atoms with van der Waals surface area (Å²) in [5.41, 5.74) is 0. The van der Waals surface area contributed by atoms with E-state index in [0.29, 0.717) is 13.0 Å². The minimum absolute atomic E-state index is 0.127. The molecule has 0 bridgehead atoms. The van der Waals surface area contributed by atoms with Gasteiger partial charge in [-0.1, -0.05) is 39.0 Å². The number of rotatable bonds is 10. The molecule has 0 fully saturated rings. The lowest BCUT2D eigenvalue weighted by Crippen LogP contribution is -2.31. The van der Waals surface area contributed by atoms with Gasteiger partial charge in [-0.2, -0.15) is 0 Å². The molecule has 0 aromatic rings. The number of carbonyl (C=O) groups excluding carboxylic acids is 1. The number of aliphatic hydroxyl groups is 1. The molecule has 1 amide bonds. The minimum atomic E-state index is 0.127. The van der Waals surface area contributed by atoms with E-state index in [0.717, 1.165) is 13.0 Å². The summed E-state index contributed by atoms with van der Waals surface area (Å²) >= 11 is 0. The van der Waals surface area contributed by atoms with Gasteiger partial charge in [0.15, 0.2) is 0 Å². The fourth-order valence-electron chi connectivity index (χ4n) is 1.77. The zero-order valence-electron chi connectivity index (χ0n) is 10.9. The number of aliphatic hydroxyl groups excluding tert-OH is 1. The van der Waals surface area contributed by atoms with E-state index in [1.54, 1.807) is 6.92 Å². The van der Waals surface area contributed by atoms with Crippen LogP contribution in [0.1, 0.15) is 58.8 Å². The highest BCUT2D eigenvalue weighted by Crippen LogP contribution is 2.06. The molecule has 0 aromatic carbocycles. The third-order valence-electron chi connectivity index (χ3n) is 2.81. The SMILES string of the molecule is CCCCCCCCN(CCCO)C(C)=O. The summed E-state index contributed by atoms with van der Waals surface area (Å²) in [6.45, 7) is 5.53. The predicted octanol–water partition coefficient (Wildman–Crippen LogP) is 2.58. The summed E-state index contributed by atoms with van der Waals surface area (Å²) in [7, 11) is 0. The van der Waals surface area contributed by atoms with Crippen molar-refractivity contribution in [1.29, 1.82) is 0 Å². The van der Waals surface area contributed by atoms with Crippen LogP contribution in [0, 0.1) is 0 Å². The number of carbonyl (C=O) groups is 1. The zero-order valence-corrected chi connectivity index (χ0v) is 10.9. The second-order valence-electron chi connectivity index (χ2n) is 4.35. The Kier molecular flexibility index (Phi) is 10.5. The average molecular weight is 229 g/mol. The minimum Gasteiger partial charge on any atom is -0.396 e. The van der Waals surface area contributed by atoms with Crippen LogP contribution >= 0.6 is 0 Å². The lowest BCUT2D eigenvalue weighted by atomic mass is 10.1. The monoisotopic (exact) mass is 229 g/mol. The van der Waals surface area contributed by atoms with Gasteiger partial charge in [0, 0.05) is 26.6 Å². The lowest BCUT2D eigenvalue weighted by Gasteiger charge is -2.20. The van der Waals surface area contributed by atoms with Crippen molar-refractivity contribution in [2.24, 2.45) is 0 Å². The van der Waals surface area contributed by atoms with E-state index in [1.165, 1.54) is 32.1 Å². The van der Waals surface area contributed by atoms with Crippen LogP contribution < -0.4 is 0 Å². The Morgan fingerprint density at radius 2 is 1.56 bits per heavy atom. The molecule has 0 unspecified atom stereocenters. The first kappa shape index (κ1) is 15.4. The number of unbranched alkanes of at least 4 members (excludes halogenated alkanes) is 5.